The maximum absolute atomic E-state index is 8.09. The Balaban J connectivity index is 2.93. The predicted molar refractivity (Wildman–Crippen MR) is 117 cm³/mol. The molecule has 0 saturated heterocycles. The van der Waals surface area contributed by atoms with Crippen LogP contribution < -0.4 is 0 Å². The van der Waals surface area contributed by atoms with Gasteiger partial charge in [0.2, 0.25) is 0 Å². The van der Waals surface area contributed by atoms with Gasteiger partial charge in [-0.05, 0) is 69.0 Å². The summed E-state index contributed by atoms with van der Waals surface area (Å²) in [7, 11) is 0. The van der Waals surface area contributed by atoms with Crippen molar-refractivity contribution >= 4 is 0 Å². The van der Waals surface area contributed by atoms with E-state index in [1.807, 2.05) is 13.0 Å². The molecular weight excluding hydrogens is 312 g/mol. The normalized spacial score (nSPS) is 15.4. The Morgan fingerprint density at radius 2 is 1.04 bits per heavy atom. The molecule has 0 unspecified atom stereocenters. The van der Waals surface area contributed by atoms with Gasteiger partial charge in [0.1, 0.15) is 0 Å². The van der Waals surface area contributed by atoms with Crippen LogP contribution in [0.4, 0.5) is 0 Å². The molecule has 0 saturated carbocycles. The Morgan fingerprint density at radius 1 is 0.615 bits per heavy atom. The van der Waals surface area contributed by atoms with Crippen LogP contribution in [0.2, 0.25) is 0 Å². The Hall–Kier alpha value is -1.56. The molecule has 2 aromatic rings. The number of aryl methyl sites for hydroxylation is 1. The van der Waals surface area contributed by atoms with Gasteiger partial charge in [0.15, 0.2) is 0 Å². The lowest BCUT2D eigenvalue weighted by Crippen LogP contribution is -2.17. The summed E-state index contributed by atoms with van der Waals surface area (Å²) in [6, 6.07) is 10.9. The monoisotopic (exact) mass is 353 g/mol. The fraction of sp³-hybridized carbons (Fsp3) is 0.538. The van der Waals surface area contributed by atoms with Crippen molar-refractivity contribution in [2.24, 2.45) is 0 Å². The van der Waals surface area contributed by atoms with E-state index in [1.165, 1.54) is 11.1 Å². The van der Waals surface area contributed by atoms with Gasteiger partial charge in [-0.3, -0.25) is 0 Å². The molecular formula is C26H38. The van der Waals surface area contributed by atoms with Crippen molar-refractivity contribution in [2.45, 2.75) is 92.3 Å². The van der Waals surface area contributed by atoms with Crippen LogP contribution in [0.5, 0.6) is 0 Å². The lowest BCUT2D eigenvalue weighted by Gasteiger charge is -2.27. The summed E-state index contributed by atoms with van der Waals surface area (Å²) in [5, 5.41) is 0. The van der Waals surface area contributed by atoms with E-state index in [0.29, 0.717) is 5.56 Å². The van der Waals surface area contributed by atoms with Crippen LogP contribution in [0.3, 0.4) is 0 Å². The van der Waals surface area contributed by atoms with Crippen molar-refractivity contribution in [1.29, 1.82) is 0 Å². The van der Waals surface area contributed by atoms with Gasteiger partial charge in [-0.2, -0.15) is 0 Å². The van der Waals surface area contributed by atoms with Gasteiger partial charge in [0.25, 0.3) is 0 Å². The van der Waals surface area contributed by atoms with Gasteiger partial charge in [0.05, 0.1) is 0 Å². The van der Waals surface area contributed by atoms with Crippen molar-refractivity contribution in [2.75, 3.05) is 0 Å². The highest BCUT2D eigenvalue weighted by atomic mass is 14.3. The van der Waals surface area contributed by atoms with Crippen LogP contribution in [0, 0.1) is 13.8 Å². The quantitative estimate of drug-likeness (QED) is 0.489. The second-order valence-electron chi connectivity index (χ2n) is 10.7. The first-order chi connectivity index (χ1) is 12.8. The van der Waals surface area contributed by atoms with E-state index in [1.54, 1.807) is 0 Å². The number of hydrogen-bond donors (Lipinski definition) is 0. The molecule has 0 spiro atoms. The second-order valence-corrected chi connectivity index (χ2v) is 10.7. The fourth-order valence-electron chi connectivity index (χ4n) is 3.10. The molecule has 0 nitrogen and oxygen atoms in total. The zero-order valence-corrected chi connectivity index (χ0v) is 18.4. The van der Waals surface area contributed by atoms with Gasteiger partial charge in [-0.1, -0.05) is 92.6 Å². The van der Waals surface area contributed by atoms with Gasteiger partial charge in [-0.15, -0.1) is 0 Å². The van der Waals surface area contributed by atoms with E-state index in [0.717, 1.165) is 22.3 Å². The van der Waals surface area contributed by atoms with E-state index in [9.17, 15) is 0 Å². The lowest BCUT2D eigenvalue weighted by atomic mass is 9.77. The van der Waals surface area contributed by atoms with Crippen LogP contribution in [0.15, 0.2) is 30.3 Å². The van der Waals surface area contributed by atoms with Crippen molar-refractivity contribution in [3.63, 3.8) is 0 Å². The molecule has 2 rings (SSSR count). The molecule has 0 aliphatic rings. The van der Waals surface area contributed by atoms with Crippen LogP contribution in [-0.2, 0) is 16.2 Å². The topological polar surface area (TPSA) is 0 Å². The van der Waals surface area contributed by atoms with Crippen molar-refractivity contribution in [3.05, 3.63) is 58.1 Å². The molecule has 0 amide bonds. The first-order valence-corrected chi connectivity index (χ1v) is 9.64. The lowest BCUT2D eigenvalue weighted by molar-refractivity contribution is 0.569. The van der Waals surface area contributed by atoms with E-state index >= 15 is 0 Å². The molecule has 0 fully saturated rings. The molecule has 26 heavy (non-hydrogen) atoms. The zero-order chi connectivity index (χ0) is 22.6. The van der Waals surface area contributed by atoms with Crippen LogP contribution >= 0.6 is 0 Å². The maximum Gasteiger partial charge on any atom is 0.0280 e. The van der Waals surface area contributed by atoms with Gasteiger partial charge in [0, 0.05) is 4.11 Å². The SMILES string of the molecule is [2H]C([2H])([2H])c1cc(C(C)(C)C)cc(-c2cc(C(C)(C)C)cc(C(C)(C)C)c2)c1C. The van der Waals surface area contributed by atoms with Gasteiger partial charge in [-0.25, -0.2) is 0 Å². The standard InChI is InChI=1S/C26H38/c1-17-12-20(24(3,4)5)16-23(18(17)2)19-13-21(25(6,7)8)15-22(14-19)26(9,10)11/h12-16H,1-11H3/i1D3. The molecule has 0 bridgehead atoms. The van der Waals surface area contributed by atoms with E-state index in [2.05, 4.69) is 86.6 Å². The van der Waals surface area contributed by atoms with Crippen molar-refractivity contribution in [1.82, 2.24) is 0 Å². The molecule has 0 N–H and O–H groups in total. The van der Waals surface area contributed by atoms with Gasteiger partial charge < -0.3 is 0 Å². The Labute approximate surface area is 166 Å². The summed E-state index contributed by atoms with van der Waals surface area (Å²) >= 11 is 0. The average Bonchev–Trinajstić information content (AvgIpc) is 2.50. The molecule has 0 aliphatic carbocycles. The Bertz CT molecular complexity index is 864. The summed E-state index contributed by atoms with van der Waals surface area (Å²) < 4.78 is 24.3. The highest BCUT2D eigenvalue weighted by Crippen LogP contribution is 2.37. The minimum Gasteiger partial charge on any atom is -0.0561 e. The third-order valence-corrected chi connectivity index (χ3v) is 5.25. The third-order valence-electron chi connectivity index (χ3n) is 5.25. The molecule has 0 aromatic heterocycles. The highest BCUT2D eigenvalue weighted by molar-refractivity contribution is 5.72. The zero-order valence-electron chi connectivity index (χ0n) is 21.4. The molecule has 0 aliphatic heterocycles. The van der Waals surface area contributed by atoms with Crippen molar-refractivity contribution in [3.8, 4) is 11.1 Å². The Kier molecular flexibility index (Phi) is 4.18. The summed E-state index contributed by atoms with van der Waals surface area (Å²) in [6.45, 7) is 19.6. The van der Waals surface area contributed by atoms with Crippen LogP contribution in [-0.4, -0.2) is 0 Å². The molecule has 0 heterocycles. The number of benzene rings is 2. The van der Waals surface area contributed by atoms with Gasteiger partial charge >= 0.3 is 0 Å². The average molecular weight is 354 g/mol. The molecule has 0 heteroatoms. The summed E-state index contributed by atoms with van der Waals surface area (Å²) in [4.78, 5) is 0. The first kappa shape index (κ1) is 16.6. The minimum atomic E-state index is -2.13. The van der Waals surface area contributed by atoms with E-state index in [-0.39, 0.29) is 16.2 Å². The molecule has 142 valence electrons. The highest BCUT2D eigenvalue weighted by Gasteiger charge is 2.22. The Morgan fingerprint density at radius 3 is 1.42 bits per heavy atom. The molecule has 0 atom stereocenters. The fourth-order valence-corrected chi connectivity index (χ4v) is 3.10. The van der Waals surface area contributed by atoms with Crippen molar-refractivity contribution < 1.29 is 4.11 Å². The van der Waals surface area contributed by atoms with Crippen LogP contribution in [0.1, 0.15) is 94.2 Å². The summed E-state index contributed by atoms with van der Waals surface area (Å²) in [6.07, 6.45) is 0. The molecule has 2 aromatic carbocycles. The maximum atomic E-state index is 8.09. The summed E-state index contributed by atoms with van der Waals surface area (Å²) in [5.74, 6) is 0. The minimum absolute atomic E-state index is 0.0123. The first-order valence-electron chi connectivity index (χ1n) is 11.1. The second kappa shape index (κ2) is 6.55. The smallest absolute Gasteiger partial charge is 0.0280 e. The largest absolute Gasteiger partial charge is 0.0561 e. The number of hydrogen-bond acceptors (Lipinski definition) is 0. The van der Waals surface area contributed by atoms with E-state index in [4.69, 9.17) is 4.11 Å². The number of rotatable bonds is 1. The third kappa shape index (κ3) is 4.40. The predicted octanol–water partition coefficient (Wildman–Crippen LogP) is 7.86. The van der Waals surface area contributed by atoms with E-state index < -0.39 is 6.85 Å². The summed E-state index contributed by atoms with van der Waals surface area (Å²) in [5.41, 5.74) is 6.95. The van der Waals surface area contributed by atoms with Crippen LogP contribution in [0.25, 0.3) is 11.1 Å². The molecule has 0 radical (unpaired) electrons.